The number of carbonyl (C=O) groups is 1. The van der Waals surface area contributed by atoms with Gasteiger partial charge in [0.25, 0.3) is 0 Å². The Morgan fingerprint density at radius 2 is 1.72 bits per heavy atom. The van der Waals surface area contributed by atoms with E-state index in [1.807, 2.05) is 26.8 Å². The van der Waals surface area contributed by atoms with E-state index in [-0.39, 0.29) is 11.6 Å². The predicted molar refractivity (Wildman–Crippen MR) is 149 cm³/mol. The van der Waals surface area contributed by atoms with E-state index in [4.69, 9.17) is 16.3 Å². The standard InChI is InChI=1S/C30H26ClN5O3/c1-17(2)29-26(28(30(37)38)35-36(29)24-13-20(16-33)8-12-25(24)39-4)27(21-9-6-19(15-32)7-10-21)34-23-14-22(31)11-5-18(23)3/h5-14,17,27,34H,1-4H3,(H,37,38). The maximum atomic E-state index is 12.7. The number of carboxylic acids is 1. The number of halogens is 1. The van der Waals surface area contributed by atoms with Crippen LogP contribution >= 0.6 is 11.6 Å². The molecule has 1 aromatic heterocycles. The van der Waals surface area contributed by atoms with E-state index in [0.717, 1.165) is 16.8 Å². The van der Waals surface area contributed by atoms with Gasteiger partial charge in [0.05, 0.1) is 42.1 Å². The molecule has 4 aromatic rings. The Morgan fingerprint density at radius 3 is 2.31 bits per heavy atom. The first-order valence-electron chi connectivity index (χ1n) is 12.2. The Labute approximate surface area is 231 Å². The maximum Gasteiger partial charge on any atom is 0.356 e. The van der Waals surface area contributed by atoms with Crippen LogP contribution in [-0.4, -0.2) is 28.0 Å². The number of hydrogen-bond acceptors (Lipinski definition) is 6. The highest BCUT2D eigenvalue weighted by atomic mass is 35.5. The molecule has 0 aliphatic rings. The molecule has 0 radical (unpaired) electrons. The molecule has 1 atom stereocenters. The number of anilines is 1. The van der Waals surface area contributed by atoms with Crippen molar-refractivity contribution in [2.75, 3.05) is 12.4 Å². The number of hydrogen-bond donors (Lipinski definition) is 2. The van der Waals surface area contributed by atoms with Crippen LogP contribution in [-0.2, 0) is 0 Å². The Kier molecular flexibility index (Phi) is 7.90. The van der Waals surface area contributed by atoms with Crippen LogP contribution in [0.25, 0.3) is 5.69 Å². The highest BCUT2D eigenvalue weighted by Gasteiger charge is 2.32. The number of aromatic nitrogens is 2. The van der Waals surface area contributed by atoms with Crippen LogP contribution in [0.15, 0.2) is 60.7 Å². The summed E-state index contributed by atoms with van der Waals surface area (Å²) in [6.45, 7) is 5.82. The first-order chi connectivity index (χ1) is 18.7. The Morgan fingerprint density at radius 1 is 1.05 bits per heavy atom. The van der Waals surface area contributed by atoms with E-state index >= 15 is 0 Å². The predicted octanol–water partition coefficient (Wildman–Crippen LogP) is 6.61. The Hall–Kier alpha value is -4.79. The first kappa shape index (κ1) is 27.3. The molecule has 0 bridgehead atoms. The van der Waals surface area contributed by atoms with E-state index < -0.39 is 12.0 Å². The van der Waals surface area contributed by atoms with Crippen molar-refractivity contribution in [2.45, 2.75) is 32.7 Å². The lowest BCUT2D eigenvalue weighted by molar-refractivity contribution is 0.0688. The van der Waals surface area contributed by atoms with E-state index in [0.29, 0.717) is 38.8 Å². The van der Waals surface area contributed by atoms with Gasteiger partial charge in [-0.05, 0) is 66.4 Å². The third-order valence-electron chi connectivity index (χ3n) is 6.41. The second-order valence-electron chi connectivity index (χ2n) is 9.29. The SMILES string of the molecule is COc1ccc(C#N)cc1-n1nc(C(=O)O)c(C(Nc2cc(Cl)ccc2C)c2ccc(C#N)cc2)c1C(C)C. The van der Waals surface area contributed by atoms with Gasteiger partial charge in [0, 0.05) is 16.3 Å². The summed E-state index contributed by atoms with van der Waals surface area (Å²) in [6, 6.07) is 20.9. The van der Waals surface area contributed by atoms with Crippen LogP contribution < -0.4 is 10.1 Å². The van der Waals surface area contributed by atoms with Gasteiger partial charge in [0.15, 0.2) is 5.69 Å². The lowest BCUT2D eigenvalue weighted by atomic mass is 9.91. The second-order valence-corrected chi connectivity index (χ2v) is 9.72. The first-order valence-corrected chi connectivity index (χ1v) is 12.5. The van der Waals surface area contributed by atoms with Gasteiger partial charge in [-0.15, -0.1) is 0 Å². The number of ether oxygens (including phenoxy) is 1. The van der Waals surface area contributed by atoms with Crippen LogP contribution in [0.2, 0.25) is 5.02 Å². The number of aromatic carboxylic acids is 1. The fraction of sp³-hybridized carbons (Fsp3) is 0.200. The summed E-state index contributed by atoms with van der Waals surface area (Å²) in [5, 5.41) is 37.8. The molecule has 3 aromatic carbocycles. The molecule has 39 heavy (non-hydrogen) atoms. The van der Waals surface area contributed by atoms with E-state index in [1.165, 1.54) is 7.11 Å². The fourth-order valence-electron chi connectivity index (χ4n) is 4.53. The van der Waals surface area contributed by atoms with Crippen molar-refractivity contribution in [1.29, 1.82) is 10.5 Å². The van der Waals surface area contributed by atoms with Gasteiger partial charge in [-0.25, -0.2) is 9.48 Å². The molecular formula is C30H26ClN5O3. The smallest absolute Gasteiger partial charge is 0.356 e. The van der Waals surface area contributed by atoms with E-state index in [1.54, 1.807) is 59.3 Å². The van der Waals surface area contributed by atoms with Crippen molar-refractivity contribution in [3.05, 3.63) is 105 Å². The van der Waals surface area contributed by atoms with Crippen molar-refractivity contribution in [1.82, 2.24) is 9.78 Å². The maximum absolute atomic E-state index is 12.7. The van der Waals surface area contributed by atoms with Crippen molar-refractivity contribution < 1.29 is 14.6 Å². The molecule has 0 aliphatic heterocycles. The van der Waals surface area contributed by atoms with Crippen molar-refractivity contribution in [2.24, 2.45) is 0 Å². The quantitative estimate of drug-likeness (QED) is 0.258. The molecule has 196 valence electrons. The number of nitriles is 2. The Bertz CT molecular complexity index is 1630. The zero-order valence-electron chi connectivity index (χ0n) is 21.9. The summed E-state index contributed by atoms with van der Waals surface area (Å²) in [5.41, 5.74) is 4.61. The third-order valence-corrected chi connectivity index (χ3v) is 6.64. The summed E-state index contributed by atoms with van der Waals surface area (Å²) in [5.74, 6) is -0.945. The van der Waals surface area contributed by atoms with Gasteiger partial charge in [-0.2, -0.15) is 15.6 Å². The summed E-state index contributed by atoms with van der Waals surface area (Å²) in [7, 11) is 1.51. The van der Waals surface area contributed by atoms with Crippen molar-refractivity contribution in [3.8, 4) is 23.6 Å². The van der Waals surface area contributed by atoms with Gasteiger partial charge in [0.2, 0.25) is 0 Å². The van der Waals surface area contributed by atoms with Crippen molar-refractivity contribution in [3.63, 3.8) is 0 Å². The number of rotatable bonds is 8. The summed E-state index contributed by atoms with van der Waals surface area (Å²) in [4.78, 5) is 12.7. The van der Waals surface area contributed by atoms with Crippen LogP contribution in [0.5, 0.6) is 5.75 Å². The number of carboxylic acid groups (broad SMARTS) is 1. The molecule has 0 saturated heterocycles. The summed E-state index contributed by atoms with van der Waals surface area (Å²) < 4.78 is 7.11. The van der Waals surface area contributed by atoms with Gasteiger partial charge < -0.3 is 15.2 Å². The molecule has 0 aliphatic carbocycles. The monoisotopic (exact) mass is 539 g/mol. The molecule has 0 amide bonds. The Balaban J connectivity index is 2.06. The lowest BCUT2D eigenvalue weighted by Gasteiger charge is -2.25. The molecule has 0 spiro atoms. The molecule has 1 unspecified atom stereocenters. The van der Waals surface area contributed by atoms with Crippen LogP contribution in [0.3, 0.4) is 0 Å². The highest BCUT2D eigenvalue weighted by molar-refractivity contribution is 6.30. The van der Waals surface area contributed by atoms with Gasteiger partial charge >= 0.3 is 5.97 Å². The van der Waals surface area contributed by atoms with E-state index in [2.05, 4.69) is 22.6 Å². The number of methoxy groups -OCH3 is 1. The summed E-state index contributed by atoms with van der Waals surface area (Å²) in [6.07, 6.45) is 0. The number of aryl methyl sites for hydroxylation is 1. The van der Waals surface area contributed by atoms with Crippen LogP contribution in [0.4, 0.5) is 5.69 Å². The van der Waals surface area contributed by atoms with E-state index in [9.17, 15) is 20.4 Å². The van der Waals surface area contributed by atoms with Gasteiger partial charge in [-0.1, -0.05) is 43.6 Å². The zero-order valence-corrected chi connectivity index (χ0v) is 22.6. The molecule has 4 rings (SSSR count). The summed E-state index contributed by atoms with van der Waals surface area (Å²) >= 11 is 6.31. The minimum atomic E-state index is -1.20. The third kappa shape index (κ3) is 5.43. The molecule has 9 heteroatoms. The topological polar surface area (TPSA) is 124 Å². The molecule has 1 heterocycles. The van der Waals surface area contributed by atoms with Crippen LogP contribution in [0, 0.1) is 29.6 Å². The van der Waals surface area contributed by atoms with Gasteiger partial charge in [0.1, 0.15) is 11.4 Å². The number of benzene rings is 3. The number of nitrogens with zero attached hydrogens (tertiary/aromatic N) is 4. The minimum Gasteiger partial charge on any atom is -0.494 e. The van der Waals surface area contributed by atoms with Crippen LogP contribution in [0.1, 0.15) is 69.8 Å². The molecular weight excluding hydrogens is 514 g/mol. The normalized spacial score (nSPS) is 11.5. The van der Waals surface area contributed by atoms with Crippen molar-refractivity contribution >= 4 is 23.3 Å². The molecule has 0 fully saturated rings. The van der Waals surface area contributed by atoms with Gasteiger partial charge in [-0.3, -0.25) is 0 Å². The molecule has 8 nitrogen and oxygen atoms in total. The fourth-order valence-corrected chi connectivity index (χ4v) is 4.70. The molecule has 0 saturated carbocycles. The largest absolute Gasteiger partial charge is 0.494 e. The second kappa shape index (κ2) is 11.3. The molecule has 2 N–H and O–H groups in total. The highest BCUT2D eigenvalue weighted by Crippen LogP contribution is 2.39. The zero-order chi connectivity index (χ0) is 28.3. The average molecular weight is 540 g/mol. The minimum absolute atomic E-state index is 0.148. The number of nitrogens with one attached hydrogen (secondary N) is 1. The lowest BCUT2D eigenvalue weighted by Crippen LogP contribution is -2.18. The average Bonchev–Trinajstić information content (AvgIpc) is 3.34.